The molecule has 6 heteroatoms. The predicted molar refractivity (Wildman–Crippen MR) is 103 cm³/mol. The summed E-state index contributed by atoms with van der Waals surface area (Å²) in [5.74, 6) is -0.307. The summed E-state index contributed by atoms with van der Waals surface area (Å²) >= 11 is 0. The molecule has 0 saturated carbocycles. The van der Waals surface area contributed by atoms with Gasteiger partial charge in [0.1, 0.15) is 6.04 Å². The van der Waals surface area contributed by atoms with E-state index >= 15 is 0 Å². The average molecular weight is 375 g/mol. The summed E-state index contributed by atoms with van der Waals surface area (Å²) in [6, 6.07) is 15.1. The Kier molecular flexibility index (Phi) is 7.36. The second kappa shape index (κ2) is 9.50. The van der Waals surface area contributed by atoms with E-state index in [-0.39, 0.29) is 10.8 Å². The lowest BCUT2D eigenvalue weighted by atomic mass is 10.1. The molecule has 0 radical (unpaired) electrons. The van der Waals surface area contributed by atoms with Gasteiger partial charge in [-0.1, -0.05) is 61.4 Å². The zero-order chi connectivity index (χ0) is 19.0. The molecule has 2 N–H and O–H groups in total. The quantitative estimate of drug-likeness (QED) is 0.663. The minimum absolute atomic E-state index is 0.155. The van der Waals surface area contributed by atoms with Crippen molar-refractivity contribution in [1.82, 2.24) is 10.0 Å². The summed E-state index contributed by atoms with van der Waals surface area (Å²) in [6.07, 6.45) is 2.11. The average Bonchev–Trinajstić information content (AvgIpc) is 2.62. The summed E-state index contributed by atoms with van der Waals surface area (Å²) in [7, 11) is -3.78. The summed E-state index contributed by atoms with van der Waals surface area (Å²) < 4.78 is 27.9. The van der Waals surface area contributed by atoms with E-state index in [1.165, 1.54) is 0 Å². The zero-order valence-corrected chi connectivity index (χ0v) is 16.1. The summed E-state index contributed by atoms with van der Waals surface area (Å²) in [5, 5.41) is 2.82. The molecule has 140 valence electrons. The van der Waals surface area contributed by atoms with Gasteiger partial charge >= 0.3 is 0 Å². The van der Waals surface area contributed by atoms with Crippen molar-refractivity contribution in [2.75, 3.05) is 6.54 Å². The Morgan fingerprint density at radius 3 is 2.31 bits per heavy atom. The molecule has 0 saturated heterocycles. The fourth-order valence-electron chi connectivity index (χ4n) is 2.52. The molecular formula is C20H26N2O3S. The van der Waals surface area contributed by atoms with E-state index in [4.69, 9.17) is 0 Å². The number of benzene rings is 2. The van der Waals surface area contributed by atoms with Crippen molar-refractivity contribution < 1.29 is 13.2 Å². The van der Waals surface area contributed by atoms with Gasteiger partial charge in [-0.2, -0.15) is 4.72 Å². The maximum atomic E-state index is 12.7. The predicted octanol–water partition coefficient (Wildman–Crippen LogP) is 2.80. The molecule has 0 aromatic heterocycles. The van der Waals surface area contributed by atoms with Gasteiger partial charge in [0.25, 0.3) is 0 Å². The van der Waals surface area contributed by atoms with E-state index in [2.05, 4.69) is 10.0 Å². The van der Waals surface area contributed by atoms with Gasteiger partial charge in [-0.25, -0.2) is 8.42 Å². The largest absolute Gasteiger partial charge is 0.355 e. The van der Waals surface area contributed by atoms with Crippen LogP contribution in [0.4, 0.5) is 0 Å². The number of hydrogen-bond donors (Lipinski definition) is 2. The third-order valence-electron chi connectivity index (χ3n) is 4.06. The summed E-state index contributed by atoms with van der Waals surface area (Å²) in [6.45, 7) is 4.46. The molecule has 0 fully saturated rings. The van der Waals surface area contributed by atoms with Crippen molar-refractivity contribution in [3.05, 3.63) is 65.7 Å². The van der Waals surface area contributed by atoms with Crippen molar-refractivity contribution in [2.24, 2.45) is 0 Å². The maximum Gasteiger partial charge on any atom is 0.241 e. The second-order valence-corrected chi connectivity index (χ2v) is 8.04. The number of amides is 1. The van der Waals surface area contributed by atoms with Crippen LogP contribution in [0.2, 0.25) is 0 Å². The molecule has 0 unspecified atom stereocenters. The van der Waals surface area contributed by atoms with Gasteiger partial charge in [0.2, 0.25) is 15.9 Å². The minimum Gasteiger partial charge on any atom is -0.355 e. The number of carbonyl (C=O) groups excluding carboxylic acids is 1. The molecule has 0 heterocycles. The second-order valence-electron chi connectivity index (χ2n) is 6.32. The number of hydrogen-bond acceptors (Lipinski definition) is 3. The van der Waals surface area contributed by atoms with Gasteiger partial charge < -0.3 is 5.32 Å². The smallest absolute Gasteiger partial charge is 0.241 e. The highest BCUT2D eigenvalue weighted by molar-refractivity contribution is 7.89. The Balaban J connectivity index is 2.19. The minimum atomic E-state index is -3.78. The highest BCUT2D eigenvalue weighted by Gasteiger charge is 2.25. The molecule has 2 rings (SSSR count). The fraction of sp³-hybridized carbons (Fsp3) is 0.350. The Morgan fingerprint density at radius 2 is 1.69 bits per heavy atom. The van der Waals surface area contributed by atoms with E-state index in [0.29, 0.717) is 13.0 Å². The molecule has 2 aromatic carbocycles. The van der Waals surface area contributed by atoms with Crippen molar-refractivity contribution in [2.45, 2.75) is 44.0 Å². The Bertz CT molecular complexity index is 803. The van der Waals surface area contributed by atoms with E-state index in [1.54, 1.807) is 24.3 Å². The van der Waals surface area contributed by atoms with Crippen molar-refractivity contribution in [1.29, 1.82) is 0 Å². The van der Waals surface area contributed by atoms with Crippen LogP contribution in [0.25, 0.3) is 0 Å². The first kappa shape index (κ1) is 20.1. The van der Waals surface area contributed by atoms with E-state index in [9.17, 15) is 13.2 Å². The fourth-order valence-corrected chi connectivity index (χ4v) is 3.72. The van der Waals surface area contributed by atoms with E-state index in [0.717, 1.165) is 24.0 Å². The highest BCUT2D eigenvalue weighted by atomic mass is 32.2. The Morgan fingerprint density at radius 1 is 1.04 bits per heavy atom. The Labute approximate surface area is 155 Å². The van der Waals surface area contributed by atoms with Gasteiger partial charge in [0.15, 0.2) is 0 Å². The molecule has 1 atom stereocenters. The van der Waals surface area contributed by atoms with Crippen LogP contribution in [0.5, 0.6) is 0 Å². The van der Waals surface area contributed by atoms with Crippen molar-refractivity contribution in [3.63, 3.8) is 0 Å². The van der Waals surface area contributed by atoms with Crippen molar-refractivity contribution in [3.8, 4) is 0 Å². The summed E-state index contributed by atoms with van der Waals surface area (Å²) in [4.78, 5) is 12.7. The van der Waals surface area contributed by atoms with Crippen LogP contribution in [0, 0.1) is 6.92 Å². The molecule has 0 bridgehead atoms. The molecule has 0 aliphatic heterocycles. The molecule has 26 heavy (non-hydrogen) atoms. The molecular weight excluding hydrogens is 348 g/mol. The third kappa shape index (κ3) is 5.97. The lowest BCUT2D eigenvalue weighted by molar-refractivity contribution is -0.122. The number of sulfonamides is 1. The molecule has 5 nitrogen and oxygen atoms in total. The summed E-state index contributed by atoms with van der Waals surface area (Å²) in [5.41, 5.74) is 1.87. The highest BCUT2D eigenvalue weighted by Crippen LogP contribution is 2.12. The van der Waals surface area contributed by atoms with Crippen LogP contribution < -0.4 is 10.0 Å². The first-order valence-corrected chi connectivity index (χ1v) is 10.3. The molecule has 0 spiro atoms. The maximum absolute atomic E-state index is 12.7. The first-order chi connectivity index (χ1) is 12.4. The van der Waals surface area contributed by atoms with Crippen LogP contribution >= 0.6 is 0 Å². The van der Waals surface area contributed by atoms with Crippen LogP contribution in [-0.4, -0.2) is 26.9 Å². The third-order valence-corrected chi connectivity index (χ3v) is 5.54. The van der Waals surface area contributed by atoms with Gasteiger partial charge in [0.05, 0.1) is 4.90 Å². The van der Waals surface area contributed by atoms with Gasteiger partial charge in [-0.3, -0.25) is 4.79 Å². The van der Waals surface area contributed by atoms with Gasteiger partial charge in [-0.15, -0.1) is 0 Å². The molecule has 0 aliphatic rings. The number of rotatable bonds is 9. The first-order valence-electron chi connectivity index (χ1n) is 8.83. The Hall–Kier alpha value is -2.18. The number of nitrogens with one attached hydrogen (secondary N) is 2. The normalized spacial score (nSPS) is 12.5. The molecule has 0 aliphatic carbocycles. The topological polar surface area (TPSA) is 75.3 Å². The lowest BCUT2D eigenvalue weighted by Gasteiger charge is -2.19. The molecule has 1 amide bonds. The SMILES string of the molecule is CCCCNC(=O)[C@H](Cc1ccccc1)NS(=O)(=O)c1ccc(C)cc1. The van der Waals surface area contributed by atoms with Gasteiger partial charge in [-0.05, 0) is 37.5 Å². The van der Waals surface area contributed by atoms with E-state index in [1.807, 2.05) is 44.2 Å². The monoisotopic (exact) mass is 374 g/mol. The van der Waals surface area contributed by atoms with Crippen LogP contribution in [0.1, 0.15) is 30.9 Å². The van der Waals surface area contributed by atoms with Crippen molar-refractivity contribution >= 4 is 15.9 Å². The number of unbranched alkanes of at least 4 members (excludes halogenated alkanes) is 1. The van der Waals surface area contributed by atoms with E-state index < -0.39 is 16.1 Å². The van der Waals surface area contributed by atoms with Crippen LogP contribution in [0.15, 0.2) is 59.5 Å². The lowest BCUT2D eigenvalue weighted by Crippen LogP contribution is -2.48. The van der Waals surface area contributed by atoms with Gasteiger partial charge in [0, 0.05) is 6.54 Å². The van der Waals surface area contributed by atoms with Crippen LogP contribution in [-0.2, 0) is 21.2 Å². The number of carbonyl (C=O) groups is 1. The van der Waals surface area contributed by atoms with Crippen LogP contribution in [0.3, 0.4) is 0 Å². The standard InChI is InChI=1S/C20H26N2O3S/c1-3-4-14-21-20(23)19(15-17-8-6-5-7-9-17)22-26(24,25)18-12-10-16(2)11-13-18/h5-13,19,22H,3-4,14-15H2,1-2H3,(H,21,23)/t19-/m0/s1. The zero-order valence-electron chi connectivity index (χ0n) is 15.2. The molecule has 2 aromatic rings. The number of aryl methyl sites for hydroxylation is 1.